The van der Waals surface area contributed by atoms with E-state index in [4.69, 9.17) is 6.42 Å². The minimum Gasteiger partial charge on any atom is -0.299 e. The summed E-state index contributed by atoms with van der Waals surface area (Å²) in [5, 5.41) is 0. The Bertz CT molecular complexity index is 552. The van der Waals surface area contributed by atoms with Gasteiger partial charge in [-0.05, 0) is 29.9 Å². The zero-order chi connectivity index (χ0) is 15.2. The summed E-state index contributed by atoms with van der Waals surface area (Å²) in [5.41, 5.74) is 1.93. The first kappa shape index (κ1) is 15.5. The minimum atomic E-state index is -0.214. The smallest absolute Gasteiger partial charge is 0.209 e. The van der Waals surface area contributed by atoms with Gasteiger partial charge in [0.05, 0.1) is 0 Å². The monoisotopic (exact) mass is 285 g/mol. The summed E-state index contributed by atoms with van der Waals surface area (Å²) >= 11 is 0. The minimum absolute atomic E-state index is 0. The van der Waals surface area contributed by atoms with Crippen LogP contribution < -0.4 is 0 Å². The second-order valence-electron chi connectivity index (χ2n) is 5.94. The van der Waals surface area contributed by atoms with Gasteiger partial charge in [-0.2, -0.15) is 0 Å². The molecule has 2 rings (SSSR count). The average Bonchev–Trinajstić information content (AvgIpc) is 2.55. The summed E-state index contributed by atoms with van der Waals surface area (Å²) < 4.78 is 0. The Morgan fingerprint density at radius 2 is 1.90 bits per heavy atom. The molecule has 2 heteroatoms. The summed E-state index contributed by atoms with van der Waals surface area (Å²) in [6.45, 7) is 1.98. The van der Waals surface area contributed by atoms with E-state index in [0.29, 0.717) is 5.78 Å². The van der Waals surface area contributed by atoms with Gasteiger partial charge in [0.1, 0.15) is 5.78 Å². The normalized spacial score (nSPS) is 17.0. The van der Waals surface area contributed by atoms with Gasteiger partial charge in [0.15, 0.2) is 0 Å². The van der Waals surface area contributed by atoms with Crippen molar-refractivity contribution in [3.63, 3.8) is 0 Å². The van der Waals surface area contributed by atoms with E-state index in [-0.39, 0.29) is 26.9 Å². The van der Waals surface area contributed by atoms with Crippen LogP contribution in [-0.2, 0) is 16.0 Å². The summed E-state index contributed by atoms with van der Waals surface area (Å²) in [7, 11) is 0. The third kappa shape index (κ3) is 4.04. The van der Waals surface area contributed by atoms with E-state index < -0.39 is 0 Å². The van der Waals surface area contributed by atoms with Crippen molar-refractivity contribution in [3.05, 3.63) is 35.4 Å². The number of carbonyl (C=O) groups is 2. The zero-order valence-electron chi connectivity index (χ0n) is 13.6. The number of hydrogen-bond donors (Lipinski definition) is 0. The van der Waals surface area contributed by atoms with E-state index in [1.807, 2.05) is 31.2 Å². The van der Waals surface area contributed by atoms with Gasteiger partial charge in [0, 0.05) is 21.1 Å². The third-order valence-corrected chi connectivity index (χ3v) is 4.44. The number of Topliss-reactive ketones (excluding diaryl/α,β-unsaturated/α-hetero) is 2. The fourth-order valence-electron chi connectivity index (χ4n) is 3.07. The molecule has 0 aromatic heterocycles. The zero-order valence-corrected chi connectivity index (χ0v) is 12.6. The Balaban J connectivity index is 0.00000242. The maximum atomic E-state index is 12.5. The predicted octanol–water partition coefficient (Wildman–Crippen LogP) is 4.04. The molecule has 21 heavy (non-hydrogen) atoms. The van der Waals surface area contributed by atoms with Gasteiger partial charge < -0.3 is 0 Å². The molecule has 0 saturated heterocycles. The highest BCUT2D eigenvalue weighted by Crippen LogP contribution is 2.30. The SMILES string of the molecule is C#CC(=O)Cc1ccc(C(C)C(=O)C2CCCCC2)cc1.[HH].[H]. The summed E-state index contributed by atoms with van der Waals surface area (Å²) in [4.78, 5) is 23.8. The van der Waals surface area contributed by atoms with Crippen molar-refractivity contribution in [1.82, 2.24) is 0 Å². The second kappa shape index (κ2) is 7.22. The maximum absolute atomic E-state index is 12.5. The van der Waals surface area contributed by atoms with Crippen LogP contribution in [-0.4, -0.2) is 11.6 Å². The molecule has 1 radical (unpaired) electrons. The molecule has 1 aliphatic carbocycles. The van der Waals surface area contributed by atoms with Crippen molar-refractivity contribution in [3.8, 4) is 12.3 Å². The van der Waals surface area contributed by atoms with Crippen LogP contribution in [0.5, 0.6) is 0 Å². The molecule has 0 spiro atoms. The van der Waals surface area contributed by atoms with Crippen molar-refractivity contribution in [2.24, 2.45) is 5.92 Å². The Morgan fingerprint density at radius 1 is 1.29 bits per heavy atom. The van der Waals surface area contributed by atoms with Crippen molar-refractivity contribution >= 4 is 11.6 Å². The van der Waals surface area contributed by atoms with Crippen LogP contribution in [0, 0.1) is 18.3 Å². The third-order valence-electron chi connectivity index (χ3n) is 4.44. The molecule has 1 atom stereocenters. The van der Waals surface area contributed by atoms with Crippen LogP contribution in [0.15, 0.2) is 24.3 Å². The molecule has 0 heterocycles. The van der Waals surface area contributed by atoms with E-state index in [1.165, 1.54) is 19.3 Å². The molecular formula is C19H25O2. The standard InChI is InChI=1S/C19H22O2.H2.H/c1-3-18(20)13-15-9-11-16(12-10-15)14(2)19(21)17-7-5-4-6-8-17;;/h1,9-12,14,17H,4-8,13H2,2H3;1H;. The van der Waals surface area contributed by atoms with Gasteiger partial charge in [-0.3, -0.25) is 9.59 Å². The molecule has 0 N–H and O–H groups in total. The van der Waals surface area contributed by atoms with Crippen LogP contribution in [0.25, 0.3) is 0 Å². The molecule has 1 unspecified atom stereocenters. The number of ketones is 2. The molecule has 1 aromatic carbocycles. The van der Waals surface area contributed by atoms with Gasteiger partial charge in [-0.1, -0.05) is 50.5 Å². The Labute approximate surface area is 129 Å². The molecule has 2 nitrogen and oxygen atoms in total. The van der Waals surface area contributed by atoms with Gasteiger partial charge in [-0.15, -0.1) is 6.42 Å². The molecule has 1 saturated carbocycles. The summed E-state index contributed by atoms with van der Waals surface area (Å²) in [5.74, 6) is 2.44. The Hall–Kier alpha value is -1.88. The Morgan fingerprint density at radius 3 is 2.48 bits per heavy atom. The van der Waals surface area contributed by atoms with Crippen LogP contribution in [0.1, 0.15) is 58.9 Å². The van der Waals surface area contributed by atoms with Gasteiger partial charge >= 0.3 is 0 Å². The van der Waals surface area contributed by atoms with E-state index in [2.05, 4.69) is 5.92 Å². The summed E-state index contributed by atoms with van der Waals surface area (Å²) in [6.07, 6.45) is 11.0. The van der Waals surface area contributed by atoms with Crippen LogP contribution in [0.2, 0.25) is 0 Å². The van der Waals surface area contributed by atoms with E-state index in [9.17, 15) is 9.59 Å². The van der Waals surface area contributed by atoms with Crippen molar-refractivity contribution in [1.29, 1.82) is 0 Å². The topological polar surface area (TPSA) is 34.1 Å². The van der Waals surface area contributed by atoms with Crippen molar-refractivity contribution in [2.45, 2.75) is 51.4 Å². The molecule has 113 valence electrons. The highest BCUT2D eigenvalue weighted by atomic mass is 16.1. The fourth-order valence-corrected chi connectivity index (χ4v) is 3.07. The number of benzene rings is 1. The lowest BCUT2D eigenvalue weighted by atomic mass is 9.80. The largest absolute Gasteiger partial charge is 0.299 e. The van der Waals surface area contributed by atoms with Crippen LogP contribution in [0.4, 0.5) is 0 Å². The van der Waals surface area contributed by atoms with E-state index >= 15 is 0 Å². The molecule has 0 aliphatic heterocycles. The lowest BCUT2D eigenvalue weighted by Crippen LogP contribution is -2.22. The average molecular weight is 285 g/mol. The van der Waals surface area contributed by atoms with Crippen molar-refractivity contribution < 1.29 is 12.4 Å². The predicted molar refractivity (Wildman–Crippen MR) is 87.2 cm³/mol. The first-order valence-corrected chi connectivity index (χ1v) is 7.74. The molecule has 1 aromatic rings. The van der Waals surface area contributed by atoms with Gasteiger partial charge in [-0.25, -0.2) is 0 Å². The van der Waals surface area contributed by atoms with Crippen LogP contribution >= 0.6 is 0 Å². The van der Waals surface area contributed by atoms with Gasteiger partial charge in [0.25, 0.3) is 0 Å². The molecular weight excluding hydrogens is 260 g/mol. The molecule has 0 amide bonds. The first-order valence-electron chi connectivity index (χ1n) is 7.74. The van der Waals surface area contributed by atoms with E-state index in [1.54, 1.807) is 0 Å². The van der Waals surface area contributed by atoms with E-state index in [0.717, 1.165) is 24.0 Å². The lowest BCUT2D eigenvalue weighted by molar-refractivity contribution is -0.125. The van der Waals surface area contributed by atoms with Gasteiger partial charge in [0.2, 0.25) is 5.78 Å². The molecule has 1 aliphatic rings. The second-order valence-corrected chi connectivity index (χ2v) is 5.94. The van der Waals surface area contributed by atoms with Crippen LogP contribution in [0.3, 0.4) is 0 Å². The number of hydrogen-bond acceptors (Lipinski definition) is 2. The highest BCUT2D eigenvalue weighted by molar-refractivity contribution is 5.96. The number of terminal acetylenes is 1. The molecule has 0 bridgehead atoms. The first-order chi connectivity index (χ1) is 10.1. The number of rotatable bonds is 5. The fraction of sp³-hybridized carbons (Fsp3) is 0.474. The Kier molecular flexibility index (Phi) is 5.33. The maximum Gasteiger partial charge on any atom is 0.209 e. The lowest BCUT2D eigenvalue weighted by Gasteiger charge is -2.23. The van der Waals surface area contributed by atoms with Crippen molar-refractivity contribution in [2.75, 3.05) is 0 Å². The molecule has 1 fully saturated rings. The quantitative estimate of drug-likeness (QED) is 0.604. The highest BCUT2D eigenvalue weighted by Gasteiger charge is 2.26. The number of carbonyl (C=O) groups excluding carboxylic acids is 2. The summed E-state index contributed by atoms with van der Waals surface area (Å²) in [6, 6.07) is 7.69.